The number of aliphatic hydroxyl groups excluding tert-OH is 1. The van der Waals surface area contributed by atoms with Crippen molar-refractivity contribution in [3.05, 3.63) is 71.3 Å². The molecule has 1 heterocycles. The first-order valence-corrected chi connectivity index (χ1v) is 9.25. The molecule has 0 radical (unpaired) electrons. The summed E-state index contributed by atoms with van der Waals surface area (Å²) in [5.74, 6) is -1.36. The summed E-state index contributed by atoms with van der Waals surface area (Å²) in [6.45, 7) is -0.426. The second-order valence-electron chi connectivity index (χ2n) is 6.60. The van der Waals surface area contributed by atoms with Crippen molar-refractivity contribution in [3.8, 4) is 17.2 Å². The van der Waals surface area contributed by atoms with Gasteiger partial charge in [0.15, 0.2) is 5.69 Å². The number of hydrogen-bond donors (Lipinski definition) is 2. The maximum Gasteiger partial charge on any atom is 0.434 e. The van der Waals surface area contributed by atoms with Crippen molar-refractivity contribution in [2.45, 2.75) is 12.3 Å². The number of nitrogens with zero attached hydrogens (tertiary/aromatic N) is 2. The fourth-order valence-electron chi connectivity index (χ4n) is 3.09. The molecule has 0 saturated carbocycles. The minimum atomic E-state index is -5.00. The van der Waals surface area contributed by atoms with Gasteiger partial charge in [-0.25, -0.2) is 9.07 Å². The van der Waals surface area contributed by atoms with Crippen LogP contribution >= 0.6 is 0 Å². The molecule has 0 spiro atoms. The first-order chi connectivity index (χ1) is 15.2. The van der Waals surface area contributed by atoms with Crippen LogP contribution < -0.4 is 14.8 Å². The molecule has 1 amide bonds. The lowest BCUT2D eigenvalue weighted by Gasteiger charge is -2.17. The van der Waals surface area contributed by atoms with Gasteiger partial charge < -0.3 is 19.9 Å². The van der Waals surface area contributed by atoms with E-state index in [1.807, 2.05) is 0 Å². The fraction of sp³-hybridized carbons (Fsp3) is 0.238. The zero-order valence-corrected chi connectivity index (χ0v) is 17.0. The summed E-state index contributed by atoms with van der Waals surface area (Å²) in [6, 6.07) is 9.37. The predicted octanol–water partition coefficient (Wildman–Crippen LogP) is 3.51. The van der Waals surface area contributed by atoms with E-state index < -0.39 is 47.5 Å². The summed E-state index contributed by atoms with van der Waals surface area (Å²) in [5.41, 5.74) is -2.44. The fourth-order valence-corrected chi connectivity index (χ4v) is 3.09. The smallest absolute Gasteiger partial charge is 0.434 e. The largest absolute Gasteiger partial charge is 0.497 e. The van der Waals surface area contributed by atoms with Gasteiger partial charge in [0, 0.05) is 12.1 Å². The van der Waals surface area contributed by atoms with Crippen molar-refractivity contribution in [1.82, 2.24) is 15.1 Å². The van der Waals surface area contributed by atoms with Crippen molar-refractivity contribution >= 4 is 5.91 Å². The van der Waals surface area contributed by atoms with Crippen molar-refractivity contribution < 1.29 is 36.9 Å². The number of hydrogen-bond acceptors (Lipinski definition) is 5. The average molecular weight is 453 g/mol. The molecule has 1 aromatic heterocycles. The Kier molecular flexibility index (Phi) is 6.68. The van der Waals surface area contributed by atoms with Crippen LogP contribution in [0.1, 0.15) is 27.7 Å². The van der Waals surface area contributed by atoms with E-state index in [0.29, 0.717) is 22.4 Å². The van der Waals surface area contributed by atoms with E-state index in [1.54, 1.807) is 12.1 Å². The number of carbonyl (C=O) groups excluding carboxylic acids is 1. The van der Waals surface area contributed by atoms with Crippen molar-refractivity contribution in [2.75, 3.05) is 20.8 Å². The van der Waals surface area contributed by atoms with Crippen LogP contribution in [0.2, 0.25) is 0 Å². The third-order valence-corrected chi connectivity index (χ3v) is 4.61. The number of rotatable bonds is 7. The van der Waals surface area contributed by atoms with Gasteiger partial charge in [0.2, 0.25) is 0 Å². The molecule has 32 heavy (non-hydrogen) atoms. The first-order valence-electron chi connectivity index (χ1n) is 9.25. The number of aromatic nitrogens is 2. The lowest BCUT2D eigenvalue weighted by Crippen LogP contribution is -2.30. The molecule has 0 aliphatic carbocycles. The molecule has 3 rings (SSSR count). The summed E-state index contributed by atoms with van der Waals surface area (Å²) in [4.78, 5) is 12.5. The molecule has 0 bridgehead atoms. The molecular weight excluding hydrogens is 434 g/mol. The molecule has 2 aromatic carbocycles. The minimum Gasteiger partial charge on any atom is -0.497 e. The molecule has 2 N–H and O–H groups in total. The molecule has 3 aromatic rings. The highest BCUT2D eigenvalue weighted by molar-refractivity contribution is 5.95. The summed E-state index contributed by atoms with van der Waals surface area (Å²) in [5, 5.41) is 16.3. The van der Waals surface area contributed by atoms with E-state index in [1.165, 1.54) is 32.4 Å². The lowest BCUT2D eigenvalue weighted by molar-refractivity contribution is -0.143. The molecule has 170 valence electrons. The Morgan fingerprint density at radius 2 is 1.91 bits per heavy atom. The van der Waals surface area contributed by atoms with Crippen LogP contribution in [0.4, 0.5) is 17.6 Å². The van der Waals surface area contributed by atoms with Gasteiger partial charge in [-0.3, -0.25) is 4.79 Å². The van der Waals surface area contributed by atoms with Gasteiger partial charge in [0.1, 0.15) is 29.1 Å². The Hall–Kier alpha value is -3.60. The van der Waals surface area contributed by atoms with Gasteiger partial charge in [-0.1, -0.05) is 12.1 Å². The van der Waals surface area contributed by atoms with Gasteiger partial charge >= 0.3 is 6.18 Å². The molecule has 0 aliphatic rings. The Morgan fingerprint density at radius 3 is 2.53 bits per heavy atom. The van der Waals surface area contributed by atoms with Crippen molar-refractivity contribution in [2.24, 2.45) is 0 Å². The summed E-state index contributed by atoms with van der Waals surface area (Å²) < 4.78 is 65.8. The number of methoxy groups -OCH3 is 2. The topological polar surface area (TPSA) is 85.6 Å². The number of benzene rings is 2. The van der Waals surface area contributed by atoms with E-state index in [-0.39, 0.29) is 5.56 Å². The Balaban J connectivity index is 1.87. The van der Waals surface area contributed by atoms with Gasteiger partial charge in [-0.15, -0.1) is 0 Å². The first kappa shape index (κ1) is 23.1. The third-order valence-electron chi connectivity index (χ3n) is 4.61. The monoisotopic (exact) mass is 453 g/mol. The number of para-hydroxylation sites is 1. The zero-order valence-electron chi connectivity index (χ0n) is 17.0. The molecule has 0 fully saturated rings. The molecule has 0 saturated heterocycles. The van der Waals surface area contributed by atoms with E-state index in [9.17, 15) is 27.5 Å². The average Bonchev–Trinajstić information content (AvgIpc) is 3.22. The molecule has 1 unspecified atom stereocenters. The van der Waals surface area contributed by atoms with Crippen LogP contribution in [-0.4, -0.2) is 41.6 Å². The van der Waals surface area contributed by atoms with E-state index in [2.05, 4.69) is 10.4 Å². The summed E-state index contributed by atoms with van der Waals surface area (Å²) in [6.07, 6.45) is -5.61. The van der Waals surface area contributed by atoms with Crippen LogP contribution in [0.5, 0.6) is 11.5 Å². The van der Waals surface area contributed by atoms with Crippen LogP contribution in [0, 0.1) is 5.82 Å². The van der Waals surface area contributed by atoms with Crippen LogP contribution in [0.25, 0.3) is 5.69 Å². The number of alkyl halides is 3. The number of nitrogens with one attached hydrogen (secondary N) is 1. The van der Waals surface area contributed by atoms with Gasteiger partial charge in [0.05, 0.1) is 26.0 Å². The number of halogens is 4. The Bertz CT molecular complexity index is 1110. The van der Waals surface area contributed by atoms with Gasteiger partial charge in [0.25, 0.3) is 5.91 Å². The number of ether oxygens (including phenoxy) is 2. The summed E-state index contributed by atoms with van der Waals surface area (Å²) >= 11 is 0. The summed E-state index contributed by atoms with van der Waals surface area (Å²) in [7, 11) is 2.80. The van der Waals surface area contributed by atoms with Crippen molar-refractivity contribution in [3.63, 3.8) is 0 Å². The van der Waals surface area contributed by atoms with Gasteiger partial charge in [-0.2, -0.15) is 18.3 Å². The quantitative estimate of drug-likeness (QED) is 0.535. The van der Waals surface area contributed by atoms with Crippen LogP contribution in [0.3, 0.4) is 0 Å². The molecular formula is C21H19F4N3O4. The van der Waals surface area contributed by atoms with Crippen LogP contribution in [-0.2, 0) is 6.18 Å². The minimum absolute atomic E-state index is 0.269. The second-order valence-corrected chi connectivity index (χ2v) is 6.60. The molecule has 0 aliphatic heterocycles. The zero-order chi connectivity index (χ0) is 23.5. The molecule has 1 atom stereocenters. The highest BCUT2D eigenvalue weighted by atomic mass is 19.4. The third kappa shape index (κ3) is 4.67. The van der Waals surface area contributed by atoms with E-state index in [4.69, 9.17) is 9.47 Å². The number of carbonyl (C=O) groups is 1. The van der Waals surface area contributed by atoms with Crippen LogP contribution in [0.15, 0.2) is 48.7 Å². The maximum atomic E-state index is 14.0. The standard InChI is InChI=1S/C21H19F4N3O4/c1-31-12-7-8-18(32-2)13(9-12)17(29)11-26-20(30)14-10-27-28(19(14)21(23,24)25)16-6-4-3-5-15(16)22/h3-10,17,29H,11H2,1-2H3,(H,26,30). The van der Waals surface area contributed by atoms with E-state index >= 15 is 0 Å². The van der Waals surface area contributed by atoms with E-state index in [0.717, 1.165) is 12.1 Å². The highest BCUT2D eigenvalue weighted by Gasteiger charge is 2.41. The Morgan fingerprint density at radius 1 is 1.19 bits per heavy atom. The number of amides is 1. The lowest BCUT2D eigenvalue weighted by atomic mass is 10.1. The number of aliphatic hydroxyl groups is 1. The highest BCUT2D eigenvalue weighted by Crippen LogP contribution is 2.34. The molecule has 7 nitrogen and oxygen atoms in total. The molecule has 11 heteroatoms. The SMILES string of the molecule is COc1ccc(OC)c(C(O)CNC(=O)c2cnn(-c3ccccc3F)c2C(F)(F)F)c1. The van der Waals surface area contributed by atoms with Crippen molar-refractivity contribution in [1.29, 1.82) is 0 Å². The predicted molar refractivity (Wildman–Crippen MR) is 105 cm³/mol. The normalized spacial score (nSPS) is 12.3. The Labute approximate surface area is 180 Å². The maximum absolute atomic E-state index is 14.0. The van der Waals surface area contributed by atoms with Gasteiger partial charge in [-0.05, 0) is 30.3 Å². The second kappa shape index (κ2) is 9.27.